The van der Waals surface area contributed by atoms with Gasteiger partial charge in [0.05, 0.1) is 18.6 Å². The molecular weight excluding hydrogens is 512 g/mol. The van der Waals surface area contributed by atoms with E-state index < -0.39 is 17.1 Å². The number of aliphatic hydroxyl groups is 2. The zero-order valence-corrected chi connectivity index (χ0v) is 23.8. The molecule has 0 fully saturated rings. The van der Waals surface area contributed by atoms with Gasteiger partial charge in [-0.2, -0.15) is 0 Å². The highest BCUT2D eigenvalue weighted by Crippen LogP contribution is 2.56. The number of hydrogen-bond donors (Lipinski definition) is 2. The molecule has 4 aromatic carbocycles. The molecule has 0 saturated carbocycles. The summed E-state index contributed by atoms with van der Waals surface area (Å²) < 4.78 is 17.3. The summed E-state index contributed by atoms with van der Waals surface area (Å²) in [5, 5.41) is 19.6. The monoisotopic (exact) mass is 550 g/mol. The fourth-order valence-corrected chi connectivity index (χ4v) is 5.72. The van der Waals surface area contributed by atoms with Crippen LogP contribution in [0.1, 0.15) is 42.5 Å². The number of benzene rings is 4. The van der Waals surface area contributed by atoms with Crippen molar-refractivity contribution in [2.45, 2.75) is 32.0 Å². The smallest absolute Gasteiger partial charge is 0.163 e. The average Bonchev–Trinajstić information content (AvgIpc) is 3.33. The molecule has 4 aromatic rings. The molecule has 5 heteroatoms. The number of ether oxygens (including phenoxy) is 3. The second-order valence-electron chi connectivity index (χ2n) is 10.6. The van der Waals surface area contributed by atoms with Crippen molar-refractivity contribution < 1.29 is 24.4 Å². The predicted octanol–water partition coefficient (Wildman–Crippen LogP) is 6.74. The molecule has 41 heavy (non-hydrogen) atoms. The lowest BCUT2D eigenvalue weighted by Crippen LogP contribution is -2.33. The number of aliphatic hydroxyl groups excluding tert-OH is 2. The van der Waals surface area contributed by atoms with Crippen molar-refractivity contribution in [2.24, 2.45) is 5.41 Å². The summed E-state index contributed by atoms with van der Waals surface area (Å²) >= 11 is 0. The molecule has 0 bridgehead atoms. The Morgan fingerprint density at radius 2 is 1.24 bits per heavy atom. The van der Waals surface area contributed by atoms with Gasteiger partial charge in [-0.05, 0) is 64.1 Å². The second-order valence-corrected chi connectivity index (χ2v) is 10.6. The lowest BCUT2D eigenvalue weighted by atomic mass is 9.68. The van der Waals surface area contributed by atoms with E-state index in [9.17, 15) is 10.2 Å². The molecule has 5 rings (SSSR count). The van der Waals surface area contributed by atoms with Crippen LogP contribution in [-0.4, -0.2) is 42.9 Å². The lowest BCUT2D eigenvalue weighted by molar-refractivity contribution is -0.159. The van der Waals surface area contributed by atoms with Gasteiger partial charge in [-0.3, -0.25) is 0 Å². The first-order chi connectivity index (χ1) is 20.0. The Bertz CT molecular complexity index is 1410. The molecular formula is C36H38O5. The molecule has 2 N–H and O–H groups in total. The van der Waals surface area contributed by atoms with E-state index in [0.717, 1.165) is 29.0 Å². The maximum atomic E-state index is 10.4. The van der Waals surface area contributed by atoms with E-state index in [-0.39, 0.29) is 19.8 Å². The van der Waals surface area contributed by atoms with E-state index in [2.05, 4.69) is 79.4 Å². The van der Waals surface area contributed by atoms with Crippen LogP contribution in [0.25, 0.3) is 11.1 Å². The van der Waals surface area contributed by atoms with Gasteiger partial charge in [0.15, 0.2) is 6.29 Å². The third-order valence-corrected chi connectivity index (χ3v) is 8.31. The zero-order chi connectivity index (χ0) is 28.9. The van der Waals surface area contributed by atoms with E-state index in [1.165, 1.54) is 22.3 Å². The van der Waals surface area contributed by atoms with Crippen LogP contribution in [0.15, 0.2) is 110 Å². The van der Waals surface area contributed by atoms with Crippen LogP contribution in [0.3, 0.4) is 0 Å². The minimum Gasteiger partial charge on any atom is -0.491 e. The van der Waals surface area contributed by atoms with Gasteiger partial charge in [-0.25, -0.2) is 0 Å². The van der Waals surface area contributed by atoms with Crippen LogP contribution >= 0.6 is 0 Å². The molecule has 0 aliphatic heterocycles. The van der Waals surface area contributed by atoms with Crippen molar-refractivity contribution in [3.05, 3.63) is 132 Å². The van der Waals surface area contributed by atoms with Gasteiger partial charge >= 0.3 is 0 Å². The summed E-state index contributed by atoms with van der Waals surface area (Å²) in [4.78, 5) is 0. The fourth-order valence-electron chi connectivity index (χ4n) is 5.72. The summed E-state index contributed by atoms with van der Waals surface area (Å²) in [5.74, 6) is 1.46. The van der Waals surface area contributed by atoms with E-state index in [1.807, 2.05) is 38.1 Å². The maximum absolute atomic E-state index is 10.4. The van der Waals surface area contributed by atoms with Crippen molar-refractivity contribution in [3.8, 4) is 22.6 Å². The van der Waals surface area contributed by atoms with Gasteiger partial charge in [0.25, 0.3) is 0 Å². The van der Waals surface area contributed by atoms with Crippen LogP contribution in [0, 0.1) is 5.41 Å². The lowest BCUT2D eigenvalue weighted by Gasteiger charge is -2.34. The topological polar surface area (TPSA) is 68.2 Å². The SMILES string of the molecule is C=CC(C)(CC)C(O)OCCOc1ccc(C2(c3ccc(OCCO)cc3)c3ccccc3-c3ccccc32)cc1. The van der Waals surface area contributed by atoms with Crippen molar-refractivity contribution in [1.82, 2.24) is 0 Å². The van der Waals surface area contributed by atoms with Crippen molar-refractivity contribution >= 4 is 0 Å². The highest BCUT2D eigenvalue weighted by atomic mass is 16.6. The van der Waals surface area contributed by atoms with Gasteiger partial charge in [0, 0.05) is 5.41 Å². The first kappa shape index (κ1) is 28.6. The van der Waals surface area contributed by atoms with E-state index in [0.29, 0.717) is 6.61 Å². The van der Waals surface area contributed by atoms with E-state index in [1.54, 1.807) is 6.08 Å². The van der Waals surface area contributed by atoms with Crippen molar-refractivity contribution in [2.75, 3.05) is 26.4 Å². The summed E-state index contributed by atoms with van der Waals surface area (Å²) in [5.41, 5.74) is 6.13. The van der Waals surface area contributed by atoms with Crippen LogP contribution in [0.2, 0.25) is 0 Å². The van der Waals surface area contributed by atoms with Gasteiger partial charge in [-0.15, -0.1) is 6.58 Å². The molecule has 1 aliphatic carbocycles. The molecule has 0 spiro atoms. The largest absolute Gasteiger partial charge is 0.491 e. The highest BCUT2D eigenvalue weighted by molar-refractivity contribution is 5.86. The molecule has 0 heterocycles. The molecule has 5 nitrogen and oxygen atoms in total. The molecule has 0 aromatic heterocycles. The standard InChI is InChI=1S/C36H38O5/c1-4-35(3,5-2)34(38)41-25-24-40-29-20-16-27(17-21-29)36(26-14-18-28(19-15-26)39-23-22-37)32-12-8-6-10-30(32)31-11-7-9-13-33(31)36/h4,6-21,34,37-38H,1,5,22-25H2,2-3H3. The third kappa shape index (κ3) is 5.29. The highest BCUT2D eigenvalue weighted by Gasteiger charge is 2.45. The molecule has 212 valence electrons. The Morgan fingerprint density at radius 1 is 0.756 bits per heavy atom. The summed E-state index contributed by atoms with van der Waals surface area (Å²) in [7, 11) is 0. The summed E-state index contributed by atoms with van der Waals surface area (Å²) in [6.45, 7) is 8.57. The van der Waals surface area contributed by atoms with Crippen molar-refractivity contribution in [1.29, 1.82) is 0 Å². The Morgan fingerprint density at radius 3 is 1.71 bits per heavy atom. The average molecular weight is 551 g/mol. The van der Waals surface area contributed by atoms with Crippen molar-refractivity contribution in [3.63, 3.8) is 0 Å². The Hall–Kier alpha value is -3.90. The Balaban J connectivity index is 1.46. The van der Waals surface area contributed by atoms with Crippen LogP contribution in [0.4, 0.5) is 0 Å². The van der Waals surface area contributed by atoms with Gasteiger partial charge in [0.2, 0.25) is 0 Å². The van der Waals surface area contributed by atoms with E-state index in [4.69, 9.17) is 14.2 Å². The third-order valence-electron chi connectivity index (χ3n) is 8.31. The molecule has 2 atom stereocenters. The summed E-state index contributed by atoms with van der Waals surface area (Å²) in [6.07, 6.45) is 1.54. The minimum absolute atomic E-state index is 0.0273. The predicted molar refractivity (Wildman–Crippen MR) is 162 cm³/mol. The number of fused-ring (bicyclic) bond motifs is 3. The zero-order valence-electron chi connectivity index (χ0n) is 23.8. The maximum Gasteiger partial charge on any atom is 0.163 e. The molecule has 1 aliphatic rings. The fraction of sp³-hybridized carbons (Fsp3) is 0.278. The molecule has 2 unspecified atom stereocenters. The van der Waals surface area contributed by atoms with Crippen LogP contribution < -0.4 is 9.47 Å². The Kier molecular flexibility index (Phi) is 8.60. The number of rotatable bonds is 13. The second kappa shape index (κ2) is 12.3. The van der Waals surface area contributed by atoms with Gasteiger partial charge in [0.1, 0.15) is 24.7 Å². The molecule has 0 radical (unpaired) electrons. The van der Waals surface area contributed by atoms with Gasteiger partial charge < -0.3 is 24.4 Å². The quantitative estimate of drug-likeness (QED) is 0.0966. The minimum atomic E-state index is -0.932. The van der Waals surface area contributed by atoms with Crippen LogP contribution in [-0.2, 0) is 10.2 Å². The van der Waals surface area contributed by atoms with E-state index >= 15 is 0 Å². The Labute approximate surface area is 242 Å². The molecule has 0 saturated heterocycles. The number of hydrogen-bond acceptors (Lipinski definition) is 5. The summed E-state index contributed by atoms with van der Waals surface area (Å²) in [6, 6.07) is 33.6. The first-order valence-corrected chi connectivity index (χ1v) is 14.2. The first-order valence-electron chi connectivity index (χ1n) is 14.2. The van der Waals surface area contributed by atoms with Crippen LogP contribution in [0.5, 0.6) is 11.5 Å². The van der Waals surface area contributed by atoms with Gasteiger partial charge in [-0.1, -0.05) is 92.7 Å². The molecule has 0 amide bonds. The normalized spacial score (nSPS) is 15.3.